The number of ketones is 1. The number of nitrogens with one attached hydrogen (secondary N) is 1. The van der Waals surface area contributed by atoms with Crippen molar-refractivity contribution in [3.8, 4) is 5.69 Å². The third kappa shape index (κ3) is 3.13. The molecule has 0 saturated carbocycles. The van der Waals surface area contributed by atoms with Crippen molar-refractivity contribution in [1.29, 1.82) is 0 Å². The van der Waals surface area contributed by atoms with Gasteiger partial charge in [-0.1, -0.05) is 52.3 Å². The van der Waals surface area contributed by atoms with E-state index in [1.807, 2.05) is 73.7 Å². The van der Waals surface area contributed by atoms with Crippen molar-refractivity contribution in [1.82, 2.24) is 9.78 Å². The summed E-state index contributed by atoms with van der Waals surface area (Å²) in [4.78, 5) is 26.0. The fourth-order valence-electron chi connectivity index (χ4n) is 4.08. The normalized spacial score (nSPS) is 15.7. The van der Waals surface area contributed by atoms with Gasteiger partial charge in [0.2, 0.25) is 5.91 Å². The summed E-state index contributed by atoms with van der Waals surface area (Å²) in [5.41, 5.74) is 2.96. The summed E-state index contributed by atoms with van der Waals surface area (Å²) in [5, 5.41) is 9.65. The van der Waals surface area contributed by atoms with Gasteiger partial charge in [0.05, 0.1) is 17.3 Å². The molecule has 0 fully saturated rings. The average Bonchev–Trinajstić information content (AvgIpc) is 3.09. The van der Waals surface area contributed by atoms with Crippen molar-refractivity contribution in [2.24, 2.45) is 0 Å². The first kappa shape index (κ1) is 18.8. The number of fused-ring (bicyclic) bond motifs is 2. The molecule has 6 heteroatoms. The van der Waals surface area contributed by atoms with Crippen LogP contribution in [0.3, 0.4) is 0 Å². The highest BCUT2D eigenvalue weighted by atomic mass is 79.9. The molecule has 0 unspecified atom stereocenters. The van der Waals surface area contributed by atoms with Gasteiger partial charge < -0.3 is 5.32 Å². The molecule has 2 heterocycles. The Kier molecular flexibility index (Phi) is 4.51. The molecule has 1 atom stereocenters. The summed E-state index contributed by atoms with van der Waals surface area (Å²) in [6.45, 7) is 1.88. The summed E-state index contributed by atoms with van der Waals surface area (Å²) < 4.78 is 2.66. The lowest BCUT2D eigenvalue weighted by Gasteiger charge is -2.23. The van der Waals surface area contributed by atoms with E-state index in [0.29, 0.717) is 11.4 Å². The molecule has 1 aromatic heterocycles. The number of benzene rings is 3. The maximum Gasteiger partial charge on any atom is 0.226 e. The Morgan fingerprint density at radius 2 is 1.80 bits per heavy atom. The number of halogens is 1. The second-order valence-corrected chi connectivity index (χ2v) is 8.38. The van der Waals surface area contributed by atoms with Gasteiger partial charge in [-0.3, -0.25) is 9.59 Å². The van der Waals surface area contributed by atoms with E-state index in [0.717, 1.165) is 32.2 Å². The number of Topliss-reactive ketones (excluding diaryl/α,β-unsaturated/α-hetero) is 1. The van der Waals surface area contributed by atoms with Crippen LogP contribution in [0.25, 0.3) is 16.5 Å². The minimum absolute atomic E-state index is 0.0599. The second kappa shape index (κ2) is 7.22. The zero-order valence-corrected chi connectivity index (χ0v) is 17.8. The fraction of sp³-hybridized carbons (Fsp3) is 0.125. The lowest BCUT2D eigenvalue weighted by Crippen LogP contribution is -2.28. The quantitative estimate of drug-likeness (QED) is 0.416. The van der Waals surface area contributed by atoms with Gasteiger partial charge in [0.15, 0.2) is 5.78 Å². The monoisotopic (exact) mass is 459 g/mol. The molecule has 0 aliphatic carbocycles. The third-order valence-corrected chi connectivity index (χ3v) is 6.05. The molecule has 0 radical (unpaired) electrons. The first-order valence-corrected chi connectivity index (χ1v) is 10.5. The van der Waals surface area contributed by atoms with Crippen molar-refractivity contribution in [3.63, 3.8) is 0 Å². The molecule has 1 aliphatic rings. The van der Waals surface area contributed by atoms with E-state index in [4.69, 9.17) is 0 Å². The SMILES string of the molecule is Cc1nn(-c2ccc(Br)cc2)c2c1[C@@H](C(=O)c1ccc3ccccc3c1)CC(=O)N2. The van der Waals surface area contributed by atoms with E-state index in [2.05, 4.69) is 26.3 Å². The fourth-order valence-corrected chi connectivity index (χ4v) is 4.35. The maximum absolute atomic E-state index is 13.5. The molecule has 30 heavy (non-hydrogen) atoms. The van der Waals surface area contributed by atoms with Crippen LogP contribution in [0.5, 0.6) is 0 Å². The van der Waals surface area contributed by atoms with E-state index < -0.39 is 5.92 Å². The predicted octanol–water partition coefficient (Wildman–Crippen LogP) is 5.41. The molecule has 5 rings (SSSR count). The van der Waals surface area contributed by atoms with Crippen LogP contribution >= 0.6 is 15.9 Å². The van der Waals surface area contributed by atoms with E-state index in [1.165, 1.54) is 0 Å². The first-order chi connectivity index (χ1) is 14.5. The van der Waals surface area contributed by atoms with Crippen LogP contribution in [-0.4, -0.2) is 21.5 Å². The smallest absolute Gasteiger partial charge is 0.226 e. The van der Waals surface area contributed by atoms with Crippen LogP contribution in [0.4, 0.5) is 5.82 Å². The second-order valence-electron chi connectivity index (χ2n) is 7.47. The predicted molar refractivity (Wildman–Crippen MR) is 120 cm³/mol. The van der Waals surface area contributed by atoms with E-state index in [1.54, 1.807) is 4.68 Å². The lowest BCUT2D eigenvalue weighted by molar-refractivity contribution is -0.116. The minimum atomic E-state index is -0.556. The molecule has 1 N–H and O–H groups in total. The minimum Gasteiger partial charge on any atom is -0.310 e. The van der Waals surface area contributed by atoms with Crippen molar-refractivity contribution in [2.45, 2.75) is 19.3 Å². The molecule has 0 spiro atoms. The summed E-state index contributed by atoms with van der Waals surface area (Å²) in [6.07, 6.45) is 0.117. The highest BCUT2D eigenvalue weighted by Crippen LogP contribution is 2.38. The van der Waals surface area contributed by atoms with Gasteiger partial charge in [0.25, 0.3) is 0 Å². The van der Waals surface area contributed by atoms with Crippen molar-refractivity contribution in [2.75, 3.05) is 5.32 Å². The topological polar surface area (TPSA) is 64.0 Å². The standard InChI is InChI=1S/C24H18BrN3O2/c1-14-22-20(23(30)17-7-6-15-4-2-3-5-16(15)12-17)13-21(29)26-24(22)28(27-14)19-10-8-18(25)9-11-19/h2-12,20H,13H2,1H3,(H,26,29)/t20-/m0/s1. The van der Waals surface area contributed by atoms with Gasteiger partial charge >= 0.3 is 0 Å². The Morgan fingerprint density at radius 1 is 1.07 bits per heavy atom. The van der Waals surface area contributed by atoms with Crippen molar-refractivity contribution >= 4 is 44.2 Å². The maximum atomic E-state index is 13.5. The van der Waals surface area contributed by atoms with E-state index in [-0.39, 0.29) is 18.1 Å². The number of carbonyl (C=O) groups excluding carboxylic acids is 2. The molecule has 1 aliphatic heterocycles. The van der Waals surface area contributed by atoms with Crippen molar-refractivity contribution in [3.05, 3.63) is 88.0 Å². The molecule has 4 aromatic rings. The van der Waals surface area contributed by atoms with Gasteiger partial charge in [-0.2, -0.15) is 5.10 Å². The van der Waals surface area contributed by atoms with Crippen LogP contribution < -0.4 is 5.32 Å². The zero-order valence-electron chi connectivity index (χ0n) is 16.2. The summed E-state index contributed by atoms with van der Waals surface area (Å²) in [6, 6.07) is 21.3. The highest BCUT2D eigenvalue weighted by molar-refractivity contribution is 9.10. The van der Waals surface area contributed by atoms with Gasteiger partial charge in [0.1, 0.15) is 5.82 Å². The summed E-state index contributed by atoms with van der Waals surface area (Å²) in [7, 11) is 0. The molecule has 148 valence electrons. The molecular formula is C24H18BrN3O2. The molecular weight excluding hydrogens is 442 g/mol. The van der Waals surface area contributed by atoms with Crippen LogP contribution in [0.2, 0.25) is 0 Å². The van der Waals surface area contributed by atoms with Crippen LogP contribution in [0, 0.1) is 6.92 Å². The number of aryl methyl sites for hydroxylation is 1. The van der Waals surface area contributed by atoms with Crippen LogP contribution in [0.15, 0.2) is 71.2 Å². The Hall–Kier alpha value is -3.25. The largest absolute Gasteiger partial charge is 0.310 e. The number of amides is 1. The average molecular weight is 460 g/mol. The number of hydrogen-bond donors (Lipinski definition) is 1. The molecule has 5 nitrogen and oxygen atoms in total. The van der Waals surface area contributed by atoms with Crippen LogP contribution in [0.1, 0.15) is 34.0 Å². The lowest BCUT2D eigenvalue weighted by atomic mass is 9.85. The number of carbonyl (C=O) groups is 2. The highest BCUT2D eigenvalue weighted by Gasteiger charge is 2.36. The summed E-state index contributed by atoms with van der Waals surface area (Å²) >= 11 is 3.44. The number of anilines is 1. The third-order valence-electron chi connectivity index (χ3n) is 5.52. The van der Waals surface area contributed by atoms with Crippen LogP contribution in [-0.2, 0) is 4.79 Å². The Labute approximate surface area is 181 Å². The number of nitrogens with zero attached hydrogens (tertiary/aromatic N) is 2. The van der Waals surface area contributed by atoms with Gasteiger partial charge in [-0.15, -0.1) is 0 Å². The summed E-state index contributed by atoms with van der Waals surface area (Å²) in [5.74, 6) is -0.223. The first-order valence-electron chi connectivity index (χ1n) is 9.69. The van der Waals surface area contributed by atoms with Gasteiger partial charge in [0, 0.05) is 22.0 Å². The number of aromatic nitrogens is 2. The Bertz CT molecular complexity index is 1310. The molecule has 0 saturated heterocycles. The van der Waals surface area contributed by atoms with Gasteiger partial charge in [-0.25, -0.2) is 4.68 Å². The number of rotatable bonds is 3. The van der Waals surface area contributed by atoms with E-state index in [9.17, 15) is 9.59 Å². The molecule has 1 amide bonds. The number of hydrogen-bond acceptors (Lipinski definition) is 3. The van der Waals surface area contributed by atoms with Crippen molar-refractivity contribution < 1.29 is 9.59 Å². The van der Waals surface area contributed by atoms with Gasteiger partial charge in [-0.05, 0) is 48.0 Å². The molecule has 3 aromatic carbocycles. The van der Waals surface area contributed by atoms with E-state index >= 15 is 0 Å². The Morgan fingerprint density at radius 3 is 2.57 bits per heavy atom. The zero-order chi connectivity index (χ0) is 20.8. The molecule has 0 bridgehead atoms. The Balaban J connectivity index is 1.60.